The minimum absolute atomic E-state index is 0.764. The maximum atomic E-state index is 3.38. The van der Waals surface area contributed by atoms with Gasteiger partial charge in [0.2, 0.25) is 0 Å². The van der Waals surface area contributed by atoms with E-state index in [-0.39, 0.29) is 0 Å². The van der Waals surface area contributed by atoms with Crippen molar-refractivity contribution in [3.8, 4) is 0 Å². The van der Waals surface area contributed by atoms with Crippen LogP contribution in [0.3, 0.4) is 0 Å². The quantitative estimate of drug-likeness (QED) is 0.558. The fraction of sp³-hybridized carbons (Fsp3) is 1.00. The lowest BCUT2D eigenvalue weighted by molar-refractivity contribution is 0.243. The van der Waals surface area contributed by atoms with E-state index in [9.17, 15) is 0 Å². The van der Waals surface area contributed by atoms with Crippen LogP contribution < -0.4 is 5.43 Å². The highest BCUT2D eigenvalue weighted by Gasteiger charge is 2.13. The molecule has 0 atom stereocenters. The molecule has 54 valence electrons. The zero-order valence-electron chi connectivity index (χ0n) is 6.35. The van der Waals surface area contributed by atoms with E-state index in [4.69, 9.17) is 0 Å². The SMILES string of the molecule is CN(C)NC1CCCC1. The second-order valence-electron chi connectivity index (χ2n) is 3.00. The number of rotatable bonds is 2. The highest BCUT2D eigenvalue weighted by Crippen LogP contribution is 2.17. The third-order valence-corrected chi connectivity index (χ3v) is 1.80. The molecule has 0 unspecified atom stereocenters. The van der Waals surface area contributed by atoms with Gasteiger partial charge in [-0.2, -0.15) is 0 Å². The summed E-state index contributed by atoms with van der Waals surface area (Å²) in [6.07, 6.45) is 5.54. The average molecular weight is 128 g/mol. The summed E-state index contributed by atoms with van der Waals surface area (Å²) >= 11 is 0. The van der Waals surface area contributed by atoms with Crippen LogP contribution in [0.4, 0.5) is 0 Å². The Hall–Kier alpha value is -0.0800. The van der Waals surface area contributed by atoms with Gasteiger partial charge in [0, 0.05) is 20.1 Å². The molecule has 2 heteroatoms. The van der Waals surface area contributed by atoms with E-state index in [1.165, 1.54) is 25.7 Å². The first-order valence-electron chi connectivity index (χ1n) is 3.72. The molecule has 0 aromatic carbocycles. The molecular formula is C7H16N2. The minimum atomic E-state index is 0.764. The van der Waals surface area contributed by atoms with Crippen LogP contribution in [0, 0.1) is 0 Å². The largest absolute Gasteiger partial charge is 0.253 e. The number of nitrogens with zero attached hydrogens (tertiary/aromatic N) is 1. The number of hydrogen-bond donors (Lipinski definition) is 1. The third-order valence-electron chi connectivity index (χ3n) is 1.80. The van der Waals surface area contributed by atoms with Gasteiger partial charge < -0.3 is 0 Å². The zero-order valence-corrected chi connectivity index (χ0v) is 6.35. The maximum Gasteiger partial charge on any atom is 0.0215 e. The van der Waals surface area contributed by atoms with Gasteiger partial charge in [-0.1, -0.05) is 12.8 Å². The molecule has 1 rings (SSSR count). The van der Waals surface area contributed by atoms with Gasteiger partial charge in [0.1, 0.15) is 0 Å². The van der Waals surface area contributed by atoms with Crippen LogP contribution in [0.1, 0.15) is 25.7 Å². The van der Waals surface area contributed by atoms with Gasteiger partial charge in [-0.15, -0.1) is 0 Å². The van der Waals surface area contributed by atoms with E-state index in [1.54, 1.807) is 0 Å². The first kappa shape index (κ1) is 7.03. The molecule has 0 radical (unpaired) electrons. The number of hydrazine groups is 1. The summed E-state index contributed by atoms with van der Waals surface area (Å²) in [5.74, 6) is 0. The maximum absolute atomic E-state index is 3.38. The average Bonchev–Trinajstić information content (AvgIpc) is 2.15. The fourth-order valence-corrected chi connectivity index (χ4v) is 1.42. The lowest BCUT2D eigenvalue weighted by Gasteiger charge is -2.17. The summed E-state index contributed by atoms with van der Waals surface area (Å²) in [4.78, 5) is 0. The van der Waals surface area contributed by atoms with Crippen molar-refractivity contribution in [3.05, 3.63) is 0 Å². The summed E-state index contributed by atoms with van der Waals surface area (Å²) in [5.41, 5.74) is 3.38. The second-order valence-corrected chi connectivity index (χ2v) is 3.00. The van der Waals surface area contributed by atoms with Gasteiger partial charge in [-0.25, -0.2) is 0 Å². The van der Waals surface area contributed by atoms with E-state index in [2.05, 4.69) is 24.5 Å². The topological polar surface area (TPSA) is 15.3 Å². The molecule has 0 aromatic heterocycles. The van der Waals surface area contributed by atoms with Crippen LogP contribution in [0.2, 0.25) is 0 Å². The van der Waals surface area contributed by atoms with E-state index >= 15 is 0 Å². The Balaban J connectivity index is 2.11. The summed E-state index contributed by atoms with van der Waals surface area (Å²) in [6.45, 7) is 0. The van der Waals surface area contributed by atoms with Crippen molar-refractivity contribution >= 4 is 0 Å². The summed E-state index contributed by atoms with van der Waals surface area (Å²) in [6, 6.07) is 0.764. The molecule has 0 saturated heterocycles. The van der Waals surface area contributed by atoms with Crippen molar-refractivity contribution in [3.63, 3.8) is 0 Å². The van der Waals surface area contributed by atoms with Gasteiger partial charge >= 0.3 is 0 Å². The molecule has 1 aliphatic rings. The van der Waals surface area contributed by atoms with Crippen LogP contribution in [0.15, 0.2) is 0 Å². The molecule has 2 nitrogen and oxygen atoms in total. The first-order valence-corrected chi connectivity index (χ1v) is 3.72. The van der Waals surface area contributed by atoms with Crippen LogP contribution in [-0.4, -0.2) is 25.1 Å². The molecule has 1 N–H and O–H groups in total. The Morgan fingerprint density at radius 3 is 2.22 bits per heavy atom. The van der Waals surface area contributed by atoms with Crippen LogP contribution in [0.5, 0.6) is 0 Å². The molecule has 0 heterocycles. The van der Waals surface area contributed by atoms with Gasteiger partial charge in [-0.3, -0.25) is 10.4 Å². The van der Waals surface area contributed by atoms with Crippen molar-refractivity contribution in [2.75, 3.05) is 14.1 Å². The van der Waals surface area contributed by atoms with Crippen molar-refractivity contribution in [2.45, 2.75) is 31.7 Å². The van der Waals surface area contributed by atoms with Gasteiger partial charge in [0.25, 0.3) is 0 Å². The fourth-order valence-electron chi connectivity index (χ4n) is 1.42. The molecule has 0 aliphatic heterocycles. The molecule has 1 aliphatic carbocycles. The van der Waals surface area contributed by atoms with Crippen molar-refractivity contribution in [2.24, 2.45) is 0 Å². The first-order chi connectivity index (χ1) is 4.29. The van der Waals surface area contributed by atoms with E-state index < -0.39 is 0 Å². The zero-order chi connectivity index (χ0) is 6.69. The van der Waals surface area contributed by atoms with Gasteiger partial charge in [0.05, 0.1) is 0 Å². The molecule has 1 fully saturated rings. The van der Waals surface area contributed by atoms with Gasteiger partial charge in [-0.05, 0) is 12.8 Å². The highest BCUT2D eigenvalue weighted by molar-refractivity contribution is 4.71. The lowest BCUT2D eigenvalue weighted by atomic mass is 10.3. The molecule has 0 aromatic rings. The van der Waals surface area contributed by atoms with E-state index in [1.807, 2.05) is 0 Å². The normalized spacial score (nSPS) is 21.7. The van der Waals surface area contributed by atoms with Crippen molar-refractivity contribution in [1.82, 2.24) is 10.4 Å². The Kier molecular flexibility index (Phi) is 2.49. The summed E-state index contributed by atoms with van der Waals surface area (Å²) in [5, 5.41) is 2.05. The standard InChI is InChI=1S/C7H16N2/c1-9(2)8-7-5-3-4-6-7/h7-8H,3-6H2,1-2H3. The number of hydrogen-bond acceptors (Lipinski definition) is 2. The predicted octanol–water partition coefficient (Wildman–Crippen LogP) is 0.995. The van der Waals surface area contributed by atoms with Crippen LogP contribution >= 0.6 is 0 Å². The van der Waals surface area contributed by atoms with Crippen molar-refractivity contribution < 1.29 is 0 Å². The Morgan fingerprint density at radius 1 is 1.22 bits per heavy atom. The molecule has 1 saturated carbocycles. The van der Waals surface area contributed by atoms with E-state index in [0.29, 0.717) is 0 Å². The monoisotopic (exact) mass is 128 g/mol. The Morgan fingerprint density at radius 2 is 1.78 bits per heavy atom. The van der Waals surface area contributed by atoms with E-state index in [0.717, 1.165) is 6.04 Å². The van der Waals surface area contributed by atoms with Gasteiger partial charge in [0.15, 0.2) is 0 Å². The minimum Gasteiger partial charge on any atom is -0.253 e. The van der Waals surface area contributed by atoms with Crippen LogP contribution in [0.25, 0.3) is 0 Å². The summed E-state index contributed by atoms with van der Waals surface area (Å²) in [7, 11) is 4.11. The third kappa shape index (κ3) is 2.33. The van der Waals surface area contributed by atoms with Crippen molar-refractivity contribution in [1.29, 1.82) is 0 Å². The molecule has 0 bridgehead atoms. The molecule has 0 spiro atoms. The predicted molar refractivity (Wildman–Crippen MR) is 39.1 cm³/mol. The Labute approximate surface area is 57.2 Å². The molecule has 0 amide bonds. The van der Waals surface area contributed by atoms with Crippen LogP contribution in [-0.2, 0) is 0 Å². The summed E-state index contributed by atoms with van der Waals surface area (Å²) < 4.78 is 0. The molecule has 9 heavy (non-hydrogen) atoms. The Bertz CT molecular complexity index is 75.0. The molecular weight excluding hydrogens is 112 g/mol. The number of nitrogens with one attached hydrogen (secondary N) is 1. The highest BCUT2D eigenvalue weighted by atomic mass is 15.5. The lowest BCUT2D eigenvalue weighted by Crippen LogP contribution is -2.37. The second kappa shape index (κ2) is 3.18. The smallest absolute Gasteiger partial charge is 0.0215 e.